The standard InChI is InChI=1S/C24H21N5O4/c1-15-22(31)20(17(14-30)11-25-15)12-26-27-23(32)21-18-9-5-6-10-19(18)24(33)29(28-21)13-16-7-3-2-4-8-16/h2-12,30-31H,13-14H2,1H3,(H,27,32)/b26-12+. The Morgan fingerprint density at radius 1 is 1.12 bits per heavy atom. The van der Waals surface area contributed by atoms with Crippen molar-refractivity contribution in [3.05, 3.63) is 99.2 Å². The summed E-state index contributed by atoms with van der Waals surface area (Å²) in [7, 11) is 0. The molecule has 0 unspecified atom stereocenters. The molecule has 0 aliphatic carbocycles. The third kappa shape index (κ3) is 4.48. The molecule has 3 N–H and O–H groups in total. The molecule has 0 aliphatic rings. The van der Waals surface area contributed by atoms with Gasteiger partial charge in [0.15, 0.2) is 5.69 Å². The van der Waals surface area contributed by atoms with Crippen molar-refractivity contribution in [2.45, 2.75) is 20.1 Å². The number of hydrazone groups is 1. The second-order valence-corrected chi connectivity index (χ2v) is 7.33. The highest BCUT2D eigenvalue weighted by Crippen LogP contribution is 2.22. The van der Waals surface area contributed by atoms with Crippen molar-refractivity contribution >= 4 is 22.9 Å². The first-order chi connectivity index (χ1) is 16.0. The summed E-state index contributed by atoms with van der Waals surface area (Å²) in [6, 6.07) is 16.1. The fourth-order valence-corrected chi connectivity index (χ4v) is 3.40. The molecule has 166 valence electrons. The molecule has 4 aromatic rings. The molecule has 0 saturated heterocycles. The van der Waals surface area contributed by atoms with Crippen LogP contribution in [0.5, 0.6) is 5.75 Å². The van der Waals surface area contributed by atoms with Gasteiger partial charge >= 0.3 is 0 Å². The third-order valence-electron chi connectivity index (χ3n) is 5.15. The zero-order chi connectivity index (χ0) is 23.4. The zero-order valence-electron chi connectivity index (χ0n) is 17.8. The van der Waals surface area contributed by atoms with E-state index in [4.69, 9.17) is 0 Å². The van der Waals surface area contributed by atoms with Gasteiger partial charge in [-0.25, -0.2) is 10.1 Å². The van der Waals surface area contributed by atoms with Crippen LogP contribution in [0.2, 0.25) is 0 Å². The number of aryl methyl sites for hydroxylation is 1. The van der Waals surface area contributed by atoms with Crippen LogP contribution in [0, 0.1) is 6.92 Å². The molecule has 1 amide bonds. The van der Waals surface area contributed by atoms with E-state index < -0.39 is 5.91 Å². The minimum atomic E-state index is -0.625. The summed E-state index contributed by atoms with van der Waals surface area (Å²) in [4.78, 5) is 29.9. The fraction of sp³-hybridized carbons (Fsp3) is 0.125. The van der Waals surface area contributed by atoms with Gasteiger partial charge in [0.2, 0.25) is 0 Å². The van der Waals surface area contributed by atoms with Gasteiger partial charge in [0.05, 0.1) is 30.4 Å². The van der Waals surface area contributed by atoms with Gasteiger partial charge in [-0.3, -0.25) is 14.6 Å². The predicted molar refractivity (Wildman–Crippen MR) is 123 cm³/mol. The van der Waals surface area contributed by atoms with E-state index in [0.29, 0.717) is 22.0 Å². The smallest absolute Gasteiger partial charge is 0.292 e. The van der Waals surface area contributed by atoms with Crippen LogP contribution >= 0.6 is 0 Å². The van der Waals surface area contributed by atoms with Gasteiger partial charge in [-0.1, -0.05) is 48.5 Å². The number of nitrogens with one attached hydrogen (secondary N) is 1. The highest BCUT2D eigenvalue weighted by molar-refractivity contribution is 6.05. The van der Waals surface area contributed by atoms with Crippen LogP contribution < -0.4 is 11.0 Å². The summed E-state index contributed by atoms with van der Waals surface area (Å²) in [5.74, 6) is -0.764. The number of aromatic hydroxyl groups is 1. The Balaban J connectivity index is 1.69. The van der Waals surface area contributed by atoms with E-state index in [-0.39, 0.29) is 35.7 Å². The van der Waals surface area contributed by atoms with Gasteiger partial charge < -0.3 is 10.2 Å². The number of aliphatic hydroxyl groups excluding tert-OH is 1. The maximum absolute atomic E-state index is 12.9. The van der Waals surface area contributed by atoms with Gasteiger partial charge in [0.25, 0.3) is 11.5 Å². The third-order valence-corrected chi connectivity index (χ3v) is 5.15. The molecule has 0 fully saturated rings. The average molecular weight is 443 g/mol. The van der Waals surface area contributed by atoms with Gasteiger partial charge in [-0.05, 0) is 18.6 Å². The molecule has 33 heavy (non-hydrogen) atoms. The van der Waals surface area contributed by atoms with Crippen LogP contribution in [0.1, 0.15) is 32.9 Å². The lowest BCUT2D eigenvalue weighted by atomic mass is 10.1. The summed E-state index contributed by atoms with van der Waals surface area (Å²) in [5.41, 5.74) is 3.95. The molecule has 2 aromatic carbocycles. The lowest BCUT2D eigenvalue weighted by Gasteiger charge is -2.10. The molecule has 4 rings (SSSR count). The number of pyridine rings is 1. The summed E-state index contributed by atoms with van der Waals surface area (Å²) in [5, 5.41) is 28.7. The first kappa shape index (κ1) is 21.8. The molecule has 2 aromatic heterocycles. The minimum absolute atomic E-state index is 0.0378. The number of aliphatic hydroxyl groups is 1. The zero-order valence-corrected chi connectivity index (χ0v) is 17.8. The van der Waals surface area contributed by atoms with Crippen LogP contribution in [0.4, 0.5) is 0 Å². The van der Waals surface area contributed by atoms with Crippen molar-refractivity contribution in [3.63, 3.8) is 0 Å². The van der Waals surface area contributed by atoms with Crippen LogP contribution in [-0.4, -0.2) is 37.1 Å². The Morgan fingerprint density at radius 2 is 1.82 bits per heavy atom. The van der Waals surface area contributed by atoms with Crippen molar-refractivity contribution < 1.29 is 15.0 Å². The summed E-state index contributed by atoms with van der Waals surface area (Å²) < 4.78 is 1.25. The van der Waals surface area contributed by atoms with E-state index in [1.54, 1.807) is 31.2 Å². The molecular formula is C24H21N5O4. The van der Waals surface area contributed by atoms with E-state index in [9.17, 15) is 19.8 Å². The van der Waals surface area contributed by atoms with Gasteiger partial charge in [0, 0.05) is 22.7 Å². The quantitative estimate of drug-likeness (QED) is 0.309. The highest BCUT2D eigenvalue weighted by atomic mass is 16.3. The Hall–Kier alpha value is -4.37. The van der Waals surface area contributed by atoms with Crippen molar-refractivity contribution in [2.75, 3.05) is 0 Å². The number of nitrogens with zero attached hydrogens (tertiary/aromatic N) is 4. The van der Waals surface area contributed by atoms with Crippen molar-refractivity contribution in [3.8, 4) is 5.75 Å². The number of benzene rings is 2. The lowest BCUT2D eigenvalue weighted by Crippen LogP contribution is -2.29. The maximum atomic E-state index is 12.9. The van der Waals surface area contributed by atoms with Crippen molar-refractivity contribution in [2.24, 2.45) is 5.10 Å². The summed E-state index contributed by atoms with van der Waals surface area (Å²) in [6.45, 7) is 1.46. The Labute approximate surface area is 188 Å². The molecule has 0 spiro atoms. The SMILES string of the molecule is Cc1ncc(CO)c(/C=N/NC(=O)c2nn(Cc3ccccc3)c(=O)c3ccccc23)c1O. The molecule has 0 aliphatic heterocycles. The number of amides is 1. The molecular weight excluding hydrogens is 422 g/mol. The minimum Gasteiger partial charge on any atom is -0.505 e. The first-order valence-corrected chi connectivity index (χ1v) is 10.1. The van der Waals surface area contributed by atoms with Crippen LogP contribution in [0.25, 0.3) is 10.8 Å². The molecule has 0 bridgehead atoms. The van der Waals surface area contributed by atoms with Crippen LogP contribution in [0.3, 0.4) is 0 Å². The van der Waals surface area contributed by atoms with Crippen molar-refractivity contribution in [1.82, 2.24) is 20.2 Å². The Morgan fingerprint density at radius 3 is 2.55 bits per heavy atom. The highest BCUT2D eigenvalue weighted by Gasteiger charge is 2.17. The number of rotatable bonds is 6. The Bertz CT molecular complexity index is 1410. The second-order valence-electron chi connectivity index (χ2n) is 7.33. The van der Waals surface area contributed by atoms with Gasteiger partial charge in [0.1, 0.15) is 5.75 Å². The predicted octanol–water partition coefficient (Wildman–Crippen LogP) is 2.11. The van der Waals surface area contributed by atoms with E-state index in [2.05, 4.69) is 20.6 Å². The molecule has 9 nitrogen and oxygen atoms in total. The number of carbonyl (C=O) groups is 1. The van der Waals surface area contributed by atoms with Crippen LogP contribution in [-0.2, 0) is 13.2 Å². The Kier molecular flexibility index (Phi) is 6.23. The largest absolute Gasteiger partial charge is 0.505 e. The molecule has 0 atom stereocenters. The lowest BCUT2D eigenvalue weighted by molar-refractivity contribution is 0.0949. The van der Waals surface area contributed by atoms with E-state index in [1.165, 1.54) is 17.1 Å². The summed E-state index contributed by atoms with van der Waals surface area (Å²) >= 11 is 0. The normalized spacial score (nSPS) is 11.2. The maximum Gasteiger partial charge on any atom is 0.292 e. The topological polar surface area (TPSA) is 130 Å². The number of fused-ring (bicyclic) bond motifs is 1. The monoisotopic (exact) mass is 443 g/mol. The fourth-order valence-electron chi connectivity index (χ4n) is 3.40. The number of carbonyl (C=O) groups excluding carboxylic acids is 1. The van der Waals surface area contributed by atoms with Gasteiger partial charge in [-0.15, -0.1) is 0 Å². The summed E-state index contributed by atoms with van der Waals surface area (Å²) in [6.07, 6.45) is 2.66. The van der Waals surface area contributed by atoms with E-state index >= 15 is 0 Å². The average Bonchev–Trinajstić information content (AvgIpc) is 2.84. The molecule has 0 radical (unpaired) electrons. The van der Waals surface area contributed by atoms with Crippen LogP contribution in [0.15, 0.2) is 70.7 Å². The first-order valence-electron chi connectivity index (χ1n) is 10.1. The van der Waals surface area contributed by atoms with Crippen molar-refractivity contribution in [1.29, 1.82) is 0 Å². The number of hydrogen-bond acceptors (Lipinski definition) is 7. The van der Waals surface area contributed by atoms with E-state index in [1.807, 2.05) is 30.3 Å². The second kappa shape index (κ2) is 9.41. The van der Waals surface area contributed by atoms with E-state index in [0.717, 1.165) is 5.56 Å². The number of aromatic nitrogens is 3. The molecule has 9 heteroatoms. The number of hydrogen-bond donors (Lipinski definition) is 3. The molecule has 2 heterocycles. The van der Waals surface area contributed by atoms with Gasteiger partial charge in [-0.2, -0.15) is 10.2 Å². The molecule has 0 saturated carbocycles.